The Morgan fingerprint density at radius 2 is 1.79 bits per heavy atom. The second kappa shape index (κ2) is 13.6. The number of carbonyl (C=O) groups excluding carboxylic acids is 2. The van der Waals surface area contributed by atoms with Gasteiger partial charge in [0.05, 0.1) is 41.7 Å². The number of nitrogens with zero attached hydrogens (tertiary/aromatic N) is 5. The predicted octanol–water partition coefficient (Wildman–Crippen LogP) is 4.63. The van der Waals surface area contributed by atoms with E-state index in [0.717, 1.165) is 6.42 Å². The van der Waals surface area contributed by atoms with E-state index in [1.807, 2.05) is 46.4 Å². The number of anilines is 1. The van der Waals surface area contributed by atoms with E-state index in [0.29, 0.717) is 75.7 Å². The van der Waals surface area contributed by atoms with E-state index >= 15 is 0 Å². The van der Waals surface area contributed by atoms with Crippen LogP contribution in [0.3, 0.4) is 0 Å². The standard InChI is InChI=1S/C33H35Cl2N6O6/c1-38-28(18-42)41(40-15-5-10-26(40)32(38)44)25-9-4-7-22(30(25)35)21-6-3-8-23(29(21)34)24-13-11-19(31(37-24)47-2)16-39(33(45)46)17-20-12-14-27(43)36-20/h3-4,6-9,11,13,20,26,42H,5,10,12,14-18H2,1-2H3,(H,36,43)(H,45,46). The summed E-state index contributed by atoms with van der Waals surface area (Å²) < 4.78 is 5.58. The molecular formula is C33H35Cl2N6O6. The number of rotatable bonds is 9. The van der Waals surface area contributed by atoms with Gasteiger partial charge < -0.3 is 30.1 Å². The summed E-state index contributed by atoms with van der Waals surface area (Å²) >= 11 is 14.2. The number of hydrogen-bond acceptors (Lipinski definition) is 8. The zero-order chi connectivity index (χ0) is 33.4. The third kappa shape index (κ3) is 6.18. The normalized spacial score (nSPS) is 20.0. The third-order valence-electron chi connectivity index (χ3n) is 8.93. The van der Waals surface area contributed by atoms with Crippen molar-refractivity contribution in [3.8, 4) is 28.3 Å². The van der Waals surface area contributed by atoms with Crippen LogP contribution in [0.4, 0.5) is 10.5 Å². The molecule has 3 aliphatic rings. The minimum absolute atomic E-state index is 0.0241. The van der Waals surface area contributed by atoms with Gasteiger partial charge in [0, 0.05) is 54.9 Å². The van der Waals surface area contributed by atoms with Crippen molar-refractivity contribution < 1.29 is 29.3 Å². The summed E-state index contributed by atoms with van der Waals surface area (Å²) in [6, 6.07) is 14.0. The molecular weight excluding hydrogens is 647 g/mol. The number of hydrazine groups is 1. The summed E-state index contributed by atoms with van der Waals surface area (Å²) in [4.78, 5) is 44.1. The lowest BCUT2D eigenvalue weighted by Gasteiger charge is -2.49. The monoisotopic (exact) mass is 681 g/mol. The zero-order valence-electron chi connectivity index (χ0n) is 25.9. The van der Waals surface area contributed by atoms with Gasteiger partial charge in [-0.1, -0.05) is 53.5 Å². The fraction of sp³-hybridized carbons (Fsp3) is 0.364. The van der Waals surface area contributed by atoms with Gasteiger partial charge in [0.1, 0.15) is 6.04 Å². The number of nitrogens with one attached hydrogen (secondary N) is 1. The zero-order valence-corrected chi connectivity index (χ0v) is 27.5. The maximum absolute atomic E-state index is 13.0. The molecule has 1 aromatic heterocycles. The fourth-order valence-electron chi connectivity index (χ4n) is 6.58. The van der Waals surface area contributed by atoms with E-state index in [2.05, 4.69) is 10.3 Å². The molecule has 2 aromatic carbocycles. The Balaban J connectivity index is 1.31. The first-order valence-corrected chi connectivity index (χ1v) is 16.1. The number of aliphatic hydroxyl groups is 1. The van der Waals surface area contributed by atoms with Crippen molar-refractivity contribution in [1.29, 1.82) is 0 Å². The Labute approximate surface area is 282 Å². The molecule has 3 saturated heterocycles. The highest BCUT2D eigenvalue weighted by Gasteiger charge is 2.47. The van der Waals surface area contributed by atoms with E-state index in [4.69, 9.17) is 27.9 Å². The molecule has 0 bridgehead atoms. The van der Waals surface area contributed by atoms with E-state index in [1.165, 1.54) is 16.9 Å². The maximum Gasteiger partial charge on any atom is 0.407 e. The van der Waals surface area contributed by atoms with E-state index in [-0.39, 0.29) is 49.5 Å². The number of benzene rings is 2. The Bertz CT molecular complexity index is 1710. The molecule has 3 aromatic rings. The summed E-state index contributed by atoms with van der Waals surface area (Å²) in [5.74, 6) is 0.111. The van der Waals surface area contributed by atoms with Crippen LogP contribution >= 0.6 is 23.2 Å². The van der Waals surface area contributed by atoms with Gasteiger partial charge in [-0.05, 0) is 37.5 Å². The van der Waals surface area contributed by atoms with E-state index in [1.54, 1.807) is 19.2 Å². The van der Waals surface area contributed by atoms with Crippen molar-refractivity contribution >= 4 is 46.8 Å². The summed E-state index contributed by atoms with van der Waals surface area (Å²) in [5.41, 5.74) is 3.62. The van der Waals surface area contributed by atoms with Crippen LogP contribution in [-0.2, 0) is 16.1 Å². The first kappa shape index (κ1) is 32.8. The number of methoxy groups -OCH3 is 1. The highest BCUT2D eigenvalue weighted by Crippen LogP contribution is 2.45. The van der Waals surface area contributed by atoms with Crippen LogP contribution in [0.5, 0.6) is 5.88 Å². The molecule has 1 radical (unpaired) electrons. The Morgan fingerprint density at radius 1 is 1.06 bits per heavy atom. The lowest BCUT2D eigenvalue weighted by Crippen LogP contribution is -2.64. The lowest BCUT2D eigenvalue weighted by atomic mass is 10.00. The first-order chi connectivity index (χ1) is 22.6. The van der Waals surface area contributed by atoms with Gasteiger partial charge in [0.2, 0.25) is 17.7 Å². The minimum atomic E-state index is -1.11. The minimum Gasteiger partial charge on any atom is -0.481 e. The number of fused-ring (bicyclic) bond motifs is 1. The molecule has 14 heteroatoms. The van der Waals surface area contributed by atoms with Crippen molar-refractivity contribution in [2.45, 2.75) is 44.3 Å². The van der Waals surface area contributed by atoms with Gasteiger partial charge in [0.25, 0.3) is 0 Å². The number of amides is 3. The van der Waals surface area contributed by atoms with Crippen LogP contribution in [0, 0.1) is 6.17 Å². The Morgan fingerprint density at radius 3 is 2.47 bits per heavy atom. The molecule has 0 saturated carbocycles. The second-order valence-electron chi connectivity index (χ2n) is 11.7. The molecule has 0 spiro atoms. The predicted molar refractivity (Wildman–Crippen MR) is 177 cm³/mol. The first-order valence-electron chi connectivity index (χ1n) is 15.3. The van der Waals surface area contributed by atoms with Crippen LogP contribution in [0.15, 0.2) is 48.5 Å². The molecule has 2 atom stereocenters. The quantitative estimate of drug-likeness (QED) is 0.295. The molecule has 6 rings (SSSR count). The fourth-order valence-corrected chi connectivity index (χ4v) is 7.21. The van der Waals surface area contributed by atoms with Crippen LogP contribution < -0.4 is 15.1 Å². The second-order valence-corrected chi connectivity index (χ2v) is 12.5. The van der Waals surface area contributed by atoms with Gasteiger partial charge in [0.15, 0.2) is 6.17 Å². The van der Waals surface area contributed by atoms with Crippen LogP contribution in [-0.4, -0.2) is 93.9 Å². The molecule has 47 heavy (non-hydrogen) atoms. The van der Waals surface area contributed by atoms with Crippen LogP contribution in [0.1, 0.15) is 31.2 Å². The molecule has 4 heterocycles. The number of aliphatic hydroxyl groups excluding tert-OH is 1. The number of aromatic nitrogens is 1. The third-order valence-corrected chi connectivity index (χ3v) is 9.74. The van der Waals surface area contributed by atoms with Gasteiger partial charge in [-0.15, -0.1) is 0 Å². The molecule has 247 valence electrons. The molecule has 3 aliphatic heterocycles. The van der Waals surface area contributed by atoms with Gasteiger partial charge in [-0.25, -0.2) is 14.8 Å². The highest BCUT2D eigenvalue weighted by molar-refractivity contribution is 6.39. The number of carbonyl (C=O) groups is 3. The summed E-state index contributed by atoms with van der Waals surface area (Å²) in [6.07, 6.45) is 1.81. The number of likely N-dealkylation sites (N-methyl/N-ethyl adjacent to an activating group) is 1. The highest BCUT2D eigenvalue weighted by atomic mass is 35.5. The summed E-state index contributed by atoms with van der Waals surface area (Å²) in [7, 11) is 3.13. The number of hydrogen-bond donors (Lipinski definition) is 3. The molecule has 3 fully saturated rings. The SMILES string of the molecule is COc1nc(-c2cccc(-c3cccc(N4[C](CO)N(C)C(=O)C5CCCN54)c3Cl)c2Cl)ccc1CN(CC1CCC(=O)N1)C(=O)O. The number of halogens is 2. The molecule has 0 aliphatic carbocycles. The van der Waals surface area contributed by atoms with Gasteiger partial charge in [-0.2, -0.15) is 0 Å². The topological polar surface area (TPSA) is 139 Å². The molecule has 12 nitrogen and oxygen atoms in total. The smallest absolute Gasteiger partial charge is 0.407 e. The summed E-state index contributed by atoms with van der Waals surface area (Å²) in [6.45, 7) is 0.471. The van der Waals surface area contributed by atoms with Crippen LogP contribution in [0.25, 0.3) is 22.4 Å². The average Bonchev–Trinajstić information content (AvgIpc) is 3.72. The number of carboxylic acid groups (broad SMARTS) is 1. The van der Waals surface area contributed by atoms with Crippen molar-refractivity contribution in [2.24, 2.45) is 0 Å². The van der Waals surface area contributed by atoms with Gasteiger partial charge >= 0.3 is 6.09 Å². The van der Waals surface area contributed by atoms with Gasteiger partial charge in [-0.3, -0.25) is 14.6 Å². The number of pyridine rings is 1. The summed E-state index contributed by atoms with van der Waals surface area (Å²) in [5, 5.41) is 27.5. The maximum atomic E-state index is 13.0. The van der Waals surface area contributed by atoms with Crippen molar-refractivity contribution in [3.63, 3.8) is 0 Å². The molecule has 2 unspecified atom stereocenters. The van der Waals surface area contributed by atoms with Crippen molar-refractivity contribution in [1.82, 2.24) is 25.1 Å². The average molecular weight is 683 g/mol. The van der Waals surface area contributed by atoms with Crippen molar-refractivity contribution in [2.75, 3.05) is 38.9 Å². The Hall–Kier alpha value is -4.10. The van der Waals surface area contributed by atoms with Crippen molar-refractivity contribution in [3.05, 3.63) is 70.3 Å². The largest absolute Gasteiger partial charge is 0.481 e. The lowest BCUT2D eigenvalue weighted by molar-refractivity contribution is -0.139. The number of ether oxygens (including phenoxy) is 1. The Kier molecular flexibility index (Phi) is 9.47. The van der Waals surface area contributed by atoms with E-state index < -0.39 is 6.09 Å². The van der Waals surface area contributed by atoms with E-state index in [9.17, 15) is 24.6 Å². The van der Waals surface area contributed by atoms with Crippen LogP contribution in [0.2, 0.25) is 10.0 Å². The molecule has 3 amide bonds. The molecule has 3 N–H and O–H groups in total.